The zero-order valence-corrected chi connectivity index (χ0v) is 18.2. The zero-order valence-electron chi connectivity index (χ0n) is 17.4. The van der Waals surface area contributed by atoms with Crippen molar-refractivity contribution in [3.63, 3.8) is 0 Å². The van der Waals surface area contributed by atoms with Crippen molar-refractivity contribution in [3.05, 3.63) is 48.3 Å². The predicted octanol–water partition coefficient (Wildman–Crippen LogP) is 1.90. The van der Waals surface area contributed by atoms with Gasteiger partial charge in [0.2, 0.25) is 16.7 Å². The average Bonchev–Trinajstić information content (AvgIpc) is 3.45. The predicted molar refractivity (Wildman–Crippen MR) is 109 cm³/mol. The first-order valence-electron chi connectivity index (χ1n) is 8.00. The summed E-state index contributed by atoms with van der Waals surface area (Å²) in [6.07, 6.45) is 2.80. The van der Waals surface area contributed by atoms with Gasteiger partial charge in [-0.25, -0.2) is 9.59 Å². The van der Waals surface area contributed by atoms with Gasteiger partial charge in [0.05, 0.1) is 19.6 Å². The van der Waals surface area contributed by atoms with Gasteiger partial charge in [-0.1, -0.05) is 10.3 Å². The van der Waals surface area contributed by atoms with E-state index in [0.717, 1.165) is 7.11 Å². The van der Waals surface area contributed by atoms with Crippen molar-refractivity contribution in [2.45, 2.75) is 6.92 Å². The molecule has 2 aromatic heterocycles. The van der Waals surface area contributed by atoms with Crippen LogP contribution in [0.5, 0.6) is 0 Å². The monoisotopic (exact) mass is 462 g/mol. The fourth-order valence-corrected chi connectivity index (χ4v) is 1.48. The fourth-order valence-electron chi connectivity index (χ4n) is 1.48. The molecule has 0 radical (unpaired) electrons. The number of hydrogen-bond acceptors (Lipinski definition) is 11. The van der Waals surface area contributed by atoms with E-state index in [9.17, 15) is 14.4 Å². The minimum atomic E-state index is -1.19. The molecule has 0 aliphatic heterocycles. The van der Waals surface area contributed by atoms with Crippen molar-refractivity contribution in [2.24, 2.45) is 10.3 Å². The number of halogens is 1. The molecule has 2 N–H and O–H groups in total. The maximum atomic E-state index is 11.1. The Morgan fingerprint density at radius 3 is 1.58 bits per heavy atom. The summed E-state index contributed by atoms with van der Waals surface area (Å²) < 4.78 is 14.3. The van der Waals surface area contributed by atoms with E-state index in [0.29, 0.717) is 5.76 Å². The van der Waals surface area contributed by atoms with Gasteiger partial charge in [0.15, 0.2) is 11.5 Å². The molecule has 172 valence electrons. The number of aliphatic hydroxyl groups is 1. The van der Waals surface area contributed by atoms with Crippen LogP contribution in [0.2, 0.25) is 0 Å². The van der Waals surface area contributed by atoms with E-state index in [4.69, 9.17) is 19.0 Å². The lowest BCUT2D eigenvalue weighted by Gasteiger charge is -1.98. The number of nitrogens with zero attached hydrogens (tertiary/aromatic N) is 2. The van der Waals surface area contributed by atoms with E-state index in [1.165, 1.54) is 46.8 Å². The minimum Gasteiger partial charge on any atom is -0.476 e. The Kier molecular flexibility index (Phi) is 17.5. The molecule has 0 fully saturated rings. The van der Waals surface area contributed by atoms with Crippen LogP contribution in [0.4, 0.5) is 0 Å². The molecule has 2 aromatic rings. The molecule has 12 nitrogen and oxygen atoms in total. The SMILES string of the molecule is CC(=O)Cl.CO.CO/N=C(/C(=O)O)c1ccco1.CO/N=C(/C(=O)OC)c1ccco1. The number of furan rings is 2. The van der Waals surface area contributed by atoms with Crippen molar-refractivity contribution < 1.29 is 47.8 Å². The highest BCUT2D eigenvalue weighted by molar-refractivity contribution is 6.62. The lowest BCUT2D eigenvalue weighted by molar-refractivity contribution is -0.133. The maximum absolute atomic E-state index is 11.1. The van der Waals surface area contributed by atoms with Crippen molar-refractivity contribution in [2.75, 3.05) is 28.4 Å². The zero-order chi connectivity index (χ0) is 24.2. The van der Waals surface area contributed by atoms with Crippen molar-refractivity contribution in [1.29, 1.82) is 0 Å². The van der Waals surface area contributed by atoms with Gasteiger partial charge in [0.1, 0.15) is 14.2 Å². The van der Waals surface area contributed by atoms with E-state index in [-0.39, 0.29) is 22.4 Å². The molecule has 0 aromatic carbocycles. The molecule has 2 rings (SSSR count). The summed E-state index contributed by atoms with van der Waals surface area (Å²) in [6, 6.07) is 6.30. The number of carbonyl (C=O) groups excluding carboxylic acids is 2. The first-order valence-corrected chi connectivity index (χ1v) is 8.38. The number of methoxy groups -OCH3 is 1. The van der Waals surface area contributed by atoms with Crippen LogP contribution in [0.1, 0.15) is 18.4 Å². The Balaban J connectivity index is 0. The average molecular weight is 463 g/mol. The van der Waals surface area contributed by atoms with Crippen molar-refractivity contribution >= 4 is 40.2 Å². The number of ether oxygens (including phenoxy) is 1. The van der Waals surface area contributed by atoms with Crippen molar-refractivity contribution in [3.8, 4) is 0 Å². The Labute approximate surface area is 182 Å². The molecule has 13 heteroatoms. The largest absolute Gasteiger partial charge is 0.476 e. The van der Waals surface area contributed by atoms with Gasteiger partial charge in [-0.05, 0) is 35.9 Å². The van der Waals surface area contributed by atoms with Gasteiger partial charge >= 0.3 is 11.9 Å². The number of carboxylic acid groups (broad SMARTS) is 1. The maximum Gasteiger partial charge on any atom is 0.364 e. The molecule has 0 aliphatic rings. The highest BCUT2D eigenvalue weighted by Crippen LogP contribution is 2.04. The molecule has 0 unspecified atom stereocenters. The number of esters is 1. The molecule has 0 spiro atoms. The number of rotatable bonds is 6. The summed E-state index contributed by atoms with van der Waals surface area (Å²) in [6.45, 7) is 1.29. The molecule has 0 aliphatic carbocycles. The number of aliphatic carboxylic acids is 1. The van der Waals surface area contributed by atoms with Crippen LogP contribution in [0.15, 0.2) is 55.9 Å². The molecule has 0 atom stereocenters. The second-order valence-electron chi connectivity index (χ2n) is 4.47. The summed E-state index contributed by atoms with van der Waals surface area (Å²) in [5.74, 6) is -1.30. The quantitative estimate of drug-likeness (QED) is 0.279. The van der Waals surface area contributed by atoms with E-state index in [1.807, 2.05) is 0 Å². The summed E-state index contributed by atoms with van der Waals surface area (Å²) in [5.41, 5.74) is -0.238. The Bertz CT molecular complexity index is 811. The van der Waals surface area contributed by atoms with Crippen LogP contribution >= 0.6 is 11.6 Å². The standard InChI is InChI=1S/C8H9NO4.C7H7NO4.C2H3ClO.CH4O/c1-11-8(10)7(9-12-2)6-4-3-5-13-6;1-11-8-6(7(9)10)5-3-2-4-12-5;1-2(3)4;1-2/h3-5H,1-2H3;2-4H,1H3,(H,9,10);1H3;2H,1H3/b9-7+;8-6+;;. The summed E-state index contributed by atoms with van der Waals surface area (Å²) in [7, 11) is 4.87. The molecular formula is C18H23ClN2O10. The van der Waals surface area contributed by atoms with Crippen LogP contribution in [-0.2, 0) is 28.8 Å². The number of carboxylic acids is 1. The Hall–Kier alpha value is -3.64. The number of oxime groups is 2. The Morgan fingerprint density at radius 1 is 0.903 bits per heavy atom. The summed E-state index contributed by atoms with van der Waals surface area (Å²) in [4.78, 5) is 39.6. The van der Waals surface area contributed by atoms with E-state index >= 15 is 0 Å². The van der Waals surface area contributed by atoms with Gasteiger partial charge < -0.3 is 33.5 Å². The summed E-state index contributed by atoms with van der Waals surface area (Å²) >= 11 is 4.64. The van der Waals surface area contributed by atoms with E-state index in [2.05, 4.69) is 36.3 Å². The lowest BCUT2D eigenvalue weighted by Crippen LogP contribution is -2.16. The van der Waals surface area contributed by atoms with Crippen LogP contribution in [0.25, 0.3) is 0 Å². The minimum absolute atomic E-state index is 0.00926. The molecule has 2 heterocycles. The third kappa shape index (κ3) is 13.2. The normalized spacial score (nSPS) is 10.0. The van der Waals surface area contributed by atoms with Crippen LogP contribution in [0, 0.1) is 0 Å². The van der Waals surface area contributed by atoms with Crippen molar-refractivity contribution in [1.82, 2.24) is 0 Å². The first kappa shape index (κ1) is 29.6. The molecule has 0 amide bonds. The smallest absolute Gasteiger partial charge is 0.364 e. The fraction of sp³-hybridized carbons (Fsp3) is 0.278. The molecule has 0 saturated carbocycles. The first-order chi connectivity index (χ1) is 14.8. The molecule has 31 heavy (non-hydrogen) atoms. The second kappa shape index (κ2) is 18.4. The summed E-state index contributed by atoms with van der Waals surface area (Å²) in [5, 5.41) is 22.0. The number of aliphatic hydroxyl groups excluding tert-OH is 1. The van der Waals surface area contributed by atoms with Crippen LogP contribution in [-0.4, -0.2) is 67.3 Å². The lowest BCUT2D eigenvalue weighted by atomic mass is 10.3. The Morgan fingerprint density at radius 2 is 1.29 bits per heavy atom. The van der Waals surface area contributed by atoms with Gasteiger partial charge in [0.25, 0.3) is 0 Å². The molecule has 0 saturated heterocycles. The third-order valence-corrected chi connectivity index (χ3v) is 2.46. The highest BCUT2D eigenvalue weighted by atomic mass is 35.5. The van der Waals surface area contributed by atoms with E-state index < -0.39 is 11.9 Å². The van der Waals surface area contributed by atoms with Crippen LogP contribution in [0.3, 0.4) is 0 Å². The number of hydrogen-bond donors (Lipinski definition) is 2. The third-order valence-electron chi connectivity index (χ3n) is 2.46. The van der Waals surface area contributed by atoms with E-state index in [1.54, 1.807) is 18.2 Å². The topological polar surface area (TPSA) is 170 Å². The molecular weight excluding hydrogens is 440 g/mol. The van der Waals surface area contributed by atoms with Crippen LogP contribution < -0.4 is 0 Å². The van der Waals surface area contributed by atoms with Gasteiger partial charge in [-0.15, -0.1) is 0 Å². The second-order valence-corrected chi connectivity index (χ2v) is 5.00. The number of carbonyl (C=O) groups is 3. The highest BCUT2D eigenvalue weighted by Gasteiger charge is 2.18. The van der Waals surface area contributed by atoms with Gasteiger partial charge in [-0.2, -0.15) is 0 Å². The molecule has 0 bridgehead atoms. The van der Waals surface area contributed by atoms with Gasteiger partial charge in [-0.3, -0.25) is 4.79 Å². The van der Waals surface area contributed by atoms with Gasteiger partial charge in [0, 0.05) is 14.0 Å².